The maximum atomic E-state index is 12.9. The SMILES string of the molecule is CC(OC(=O)c1cncn1-c1ccc(F)cc1)C(N)=O. The highest BCUT2D eigenvalue weighted by molar-refractivity contribution is 5.90. The molecule has 0 fully saturated rings. The van der Waals surface area contributed by atoms with Crippen molar-refractivity contribution in [3.63, 3.8) is 0 Å². The lowest BCUT2D eigenvalue weighted by molar-refractivity contribution is -0.125. The van der Waals surface area contributed by atoms with Crippen LogP contribution in [0.3, 0.4) is 0 Å². The van der Waals surface area contributed by atoms with Crippen molar-refractivity contribution in [1.82, 2.24) is 9.55 Å². The number of rotatable bonds is 4. The highest BCUT2D eigenvalue weighted by atomic mass is 19.1. The molecule has 0 aliphatic rings. The summed E-state index contributed by atoms with van der Waals surface area (Å²) in [5.41, 5.74) is 5.68. The van der Waals surface area contributed by atoms with Crippen molar-refractivity contribution in [3.8, 4) is 5.69 Å². The molecule has 0 saturated carbocycles. The number of benzene rings is 1. The first kappa shape index (κ1) is 13.7. The summed E-state index contributed by atoms with van der Waals surface area (Å²) in [5.74, 6) is -1.87. The molecule has 1 aromatic heterocycles. The molecule has 0 radical (unpaired) electrons. The molecule has 20 heavy (non-hydrogen) atoms. The number of esters is 1. The van der Waals surface area contributed by atoms with E-state index in [1.54, 1.807) is 0 Å². The number of hydrogen-bond acceptors (Lipinski definition) is 4. The first-order valence-electron chi connectivity index (χ1n) is 5.77. The van der Waals surface area contributed by atoms with E-state index in [0.717, 1.165) is 0 Å². The standard InChI is InChI=1S/C13H12FN3O3/c1-8(12(15)18)20-13(19)11-6-16-7-17(11)10-4-2-9(14)3-5-10/h2-8H,1H3,(H2,15,18). The van der Waals surface area contributed by atoms with Gasteiger partial charge in [-0.25, -0.2) is 14.2 Å². The van der Waals surface area contributed by atoms with E-state index in [1.165, 1.54) is 48.3 Å². The topological polar surface area (TPSA) is 87.2 Å². The van der Waals surface area contributed by atoms with E-state index < -0.39 is 18.0 Å². The summed E-state index contributed by atoms with van der Waals surface area (Å²) in [5, 5.41) is 0. The number of carbonyl (C=O) groups is 2. The second-order valence-electron chi connectivity index (χ2n) is 4.08. The summed E-state index contributed by atoms with van der Waals surface area (Å²) in [6, 6.07) is 5.50. The minimum atomic E-state index is -1.04. The fraction of sp³-hybridized carbons (Fsp3) is 0.154. The highest BCUT2D eigenvalue weighted by Gasteiger charge is 2.20. The van der Waals surface area contributed by atoms with E-state index in [-0.39, 0.29) is 11.5 Å². The van der Waals surface area contributed by atoms with Crippen LogP contribution in [-0.2, 0) is 9.53 Å². The number of halogens is 1. The molecule has 0 saturated heterocycles. The van der Waals surface area contributed by atoms with Crippen LogP contribution in [0.1, 0.15) is 17.4 Å². The molecule has 1 atom stereocenters. The number of imidazole rings is 1. The lowest BCUT2D eigenvalue weighted by Crippen LogP contribution is -2.31. The maximum Gasteiger partial charge on any atom is 0.357 e. The van der Waals surface area contributed by atoms with Crippen LogP contribution in [0.5, 0.6) is 0 Å². The number of nitrogens with zero attached hydrogens (tertiary/aromatic N) is 2. The second kappa shape index (κ2) is 5.52. The highest BCUT2D eigenvalue weighted by Crippen LogP contribution is 2.13. The summed E-state index contributed by atoms with van der Waals surface area (Å²) in [7, 11) is 0. The number of hydrogen-bond donors (Lipinski definition) is 1. The number of aromatic nitrogens is 2. The van der Waals surface area contributed by atoms with Crippen LogP contribution < -0.4 is 5.73 Å². The minimum absolute atomic E-state index is 0.115. The Hall–Kier alpha value is -2.70. The lowest BCUT2D eigenvalue weighted by atomic mass is 10.3. The lowest BCUT2D eigenvalue weighted by Gasteiger charge is -2.11. The molecule has 0 aliphatic heterocycles. The molecule has 0 spiro atoms. The van der Waals surface area contributed by atoms with Gasteiger partial charge in [0, 0.05) is 5.69 Å². The number of carbonyl (C=O) groups excluding carboxylic acids is 2. The zero-order valence-electron chi connectivity index (χ0n) is 10.6. The van der Waals surface area contributed by atoms with Gasteiger partial charge in [-0.1, -0.05) is 0 Å². The molecule has 1 amide bonds. The van der Waals surface area contributed by atoms with Crippen molar-refractivity contribution >= 4 is 11.9 Å². The van der Waals surface area contributed by atoms with Gasteiger partial charge in [-0.05, 0) is 31.2 Å². The molecular weight excluding hydrogens is 265 g/mol. The van der Waals surface area contributed by atoms with Crippen LogP contribution in [0.25, 0.3) is 5.69 Å². The molecule has 0 bridgehead atoms. The summed E-state index contributed by atoms with van der Waals surface area (Å²) in [6.45, 7) is 1.37. The maximum absolute atomic E-state index is 12.9. The molecular formula is C13H12FN3O3. The first-order valence-corrected chi connectivity index (χ1v) is 5.77. The Morgan fingerprint density at radius 1 is 1.35 bits per heavy atom. The van der Waals surface area contributed by atoms with Crippen LogP contribution in [0.2, 0.25) is 0 Å². The third-order valence-electron chi connectivity index (χ3n) is 2.64. The van der Waals surface area contributed by atoms with Crippen LogP contribution in [-0.4, -0.2) is 27.5 Å². The Balaban J connectivity index is 2.26. The van der Waals surface area contributed by atoms with E-state index in [9.17, 15) is 14.0 Å². The number of amides is 1. The molecule has 1 aromatic carbocycles. The van der Waals surface area contributed by atoms with Crippen LogP contribution in [0.4, 0.5) is 4.39 Å². The fourth-order valence-electron chi connectivity index (χ4n) is 1.53. The Morgan fingerprint density at radius 3 is 2.60 bits per heavy atom. The second-order valence-corrected chi connectivity index (χ2v) is 4.08. The number of primary amides is 1. The minimum Gasteiger partial charge on any atom is -0.448 e. The number of nitrogens with two attached hydrogens (primary N) is 1. The van der Waals surface area contributed by atoms with Crippen molar-refractivity contribution < 1.29 is 18.7 Å². The predicted octanol–water partition coefficient (Wildman–Crippen LogP) is 1.04. The summed E-state index contributed by atoms with van der Waals surface area (Å²) in [4.78, 5) is 26.6. The van der Waals surface area contributed by atoms with E-state index in [0.29, 0.717) is 5.69 Å². The van der Waals surface area contributed by atoms with Crippen molar-refractivity contribution in [2.24, 2.45) is 5.73 Å². The fourth-order valence-corrected chi connectivity index (χ4v) is 1.53. The zero-order valence-corrected chi connectivity index (χ0v) is 10.6. The van der Waals surface area contributed by atoms with E-state index in [1.807, 2.05) is 0 Å². The third-order valence-corrected chi connectivity index (χ3v) is 2.64. The van der Waals surface area contributed by atoms with Crippen LogP contribution >= 0.6 is 0 Å². The van der Waals surface area contributed by atoms with Gasteiger partial charge in [0.1, 0.15) is 5.82 Å². The summed E-state index contributed by atoms with van der Waals surface area (Å²) in [6.07, 6.45) is 1.64. The molecule has 104 valence electrons. The van der Waals surface area contributed by atoms with Crippen molar-refractivity contribution in [2.75, 3.05) is 0 Å². The van der Waals surface area contributed by atoms with Crippen molar-refractivity contribution in [1.29, 1.82) is 0 Å². The Kier molecular flexibility index (Phi) is 3.79. The number of ether oxygens (including phenoxy) is 1. The molecule has 1 unspecified atom stereocenters. The van der Waals surface area contributed by atoms with Crippen molar-refractivity contribution in [3.05, 3.63) is 48.3 Å². The monoisotopic (exact) mass is 277 g/mol. The van der Waals surface area contributed by atoms with Gasteiger partial charge >= 0.3 is 5.97 Å². The van der Waals surface area contributed by atoms with E-state index in [2.05, 4.69) is 4.98 Å². The Bertz CT molecular complexity index is 637. The van der Waals surface area contributed by atoms with Gasteiger partial charge in [0.15, 0.2) is 11.8 Å². The molecule has 2 aromatic rings. The average Bonchev–Trinajstić information content (AvgIpc) is 2.88. The van der Waals surface area contributed by atoms with Gasteiger partial charge in [0.05, 0.1) is 12.5 Å². The van der Waals surface area contributed by atoms with Gasteiger partial charge in [0.2, 0.25) is 0 Å². The molecule has 2 rings (SSSR count). The van der Waals surface area contributed by atoms with Gasteiger partial charge in [-0.3, -0.25) is 9.36 Å². The first-order chi connectivity index (χ1) is 9.49. The molecule has 1 heterocycles. The smallest absolute Gasteiger partial charge is 0.357 e. The predicted molar refractivity (Wildman–Crippen MR) is 67.6 cm³/mol. The van der Waals surface area contributed by atoms with Crippen LogP contribution in [0.15, 0.2) is 36.8 Å². The largest absolute Gasteiger partial charge is 0.448 e. The Labute approximate surface area is 114 Å². The van der Waals surface area contributed by atoms with E-state index in [4.69, 9.17) is 10.5 Å². The van der Waals surface area contributed by atoms with Crippen LogP contribution in [0, 0.1) is 5.82 Å². The summed E-state index contributed by atoms with van der Waals surface area (Å²) >= 11 is 0. The van der Waals surface area contributed by atoms with Gasteiger partial charge in [0.25, 0.3) is 5.91 Å². The molecule has 6 nitrogen and oxygen atoms in total. The quantitative estimate of drug-likeness (QED) is 0.846. The molecule has 0 aliphatic carbocycles. The Morgan fingerprint density at radius 2 is 2.00 bits per heavy atom. The van der Waals surface area contributed by atoms with Gasteiger partial charge in [-0.15, -0.1) is 0 Å². The molecule has 2 N–H and O–H groups in total. The molecule has 7 heteroatoms. The normalized spacial score (nSPS) is 11.9. The third kappa shape index (κ3) is 2.82. The van der Waals surface area contributed by atoms with Gasteiger partial charge < -0.3 is 10.5 Å². The zero-order chi connectivity index (χ0) is 14.7. The average molecular weight is 277 g/mol. The summed E-state index contributed by atoms with van der Waals surface area (Å²) < 4.78 is 19.2. The van der Waals surface area contributed by atoms with E-state index >= 15 is 0 Å². The van der Waals surface area contributed by atoms with Crippen molar-refractivity contribution in [2.45, 2.75) is 13.0 Å². The van der Waals surface area contributed by atoms with Gasteiger partial charge in [-0.2, -0.15) is 0 Å².